The normalized spacial score (nSPS) is 18.1. The average Bonchev–Trinajstić information content (AvgIpc) is 3.18. The average molecular weight is 465 g/mol. The van der Waals surface area contributed by atoms with Crippen LogP contribution < -0.4 is 32.2 Å². The molecule has 2 amide bonds. The smallest absolute Gasteiger partial charge is 0.416 e. The van der Waals surface area contributed by atoms with Crippen LogP contribution in [0.15, 0.2) is 36.4 Å². The number of methoxy groups -OCH3 is 1. The predicted octanol–water partition coefficient (Wildman–Crippen LogP) is 1.70. The maximum atomic E-state index is 12.9. The Kier molecular flexibility index (Phi) is 7.32. The number of hydrogen-bond donors (Lipinski definition) is 5. The minimum Gasteiger partial charge on any atom is -0.495 e. The van der Waals surface area contributed by atoms with Crippen molar-refractivity contribution in [3.8, 4) is 5.75 Å². The molecular weight excluding hydrogens is 439 g/mol. The van der Waals surface area contributed by atoms with Crippen LogP contribution in [-0.2, 0) is 17.4 Å². The number of amides is 2. The van der Waals surface area contributed by atoms with Crippen LogP contribution in [0.25, 0.3) is 0 Å². The molecule has 0 bridgehead atoms. The highest BCUT2D eigenvalue weighted by atomic mass is 19.4. The van der Waals surface area contributed by atoms with Crippen LogP contribution in [0.4, 0.5) is 24.5 Å². The van der Waals surface area contributed by atoms with E-state index in [0.717, 1.165) is 17.7 Å². The fourth-order valence-electron chi connectivity index (χ4n) is 3.74. The zero-order chi connectivity index (χ0) is 24.2. The molecule has 3 rings (SSSR count). The highest BCUT2D eigenvalue weighted by Crippen LogP contribution is 2.31. The van der Waals surface area contributed by atoms with Crippen molar-refractivity contribution in [1.82, 2.24) is 16.0 Å². The summed E-state index contributed by atoms with van der Waals surface area (Å²) >= 11 is 0. The van der Waals surface area contributed by atoms with Crippen LogP contribution >= 0.6 is 0 Å². The van der Waals surface area contributed by atoms with Gasteiger partial charge in [-0.05, 0) is 48.7 Å². The van der Waals surface area contributed by atoms with Crippen LogP contribution in [0.1, 0.15) is 27.9 Å². The summed E-state index contributed by atoms with van der Waals surface area (Å²) in [5.41, 5.74) is 11.7. The maximum Gasteiger partial charge on any atom is 0.416 e. The molecular formula is C22H26F3N5O3. The zero-order valence-corrected chi connectivity index (χ0v) is 18.0. The fraction of sp³-hybridized carbons (Fsp3) is 0.364. The molecule has 1 heterocycles. The Bertz CT molecular complexity index is 1030. The number of rotatable bonds is 7. The van der Waals surface area contributed by atoms with Crippen LogP contribution in [0.2, 0.25) is 0 Å². The number of nitrogens with one attached hydrogen (secondary N) is 3. The van der Waals surface area contributed by atoms with E-state index in [4.69, 9.17) is 16.2 Å². The van der Waals surface area contributed by atoms with Crippen LogP contribution in [0.3, 0.4) is 0 Å². The molecule has 2 atom stereocenters. The highest BCUT2D eigenvalue weighted by molar-refractivity contribution is 6.00. The number of ether oxygens (including phenoxy) is 1. The number of nitrogens with two attached hydrogens (primary N) is 2. The van der Waals surface area contributed by atoms with Crippen molar-refractivity contribution in [3.63, 3.8) is 0 Å². The molecule has 2 unspecified atom stereocenters. The second-order valence-corrected chi connectivity index (χ2v) is 7.87. The van der Waals surface area contributed by atoms with Gasteiger partial charge in [-0.3, -0.25) is 9.59 Å². The molecule has 8 nitrogen and oxygen atoms in total. The van der Waals surface area contributed by atoms with Crippen LogP contribution in [0.5, 0.6) is 5.75 Å². The number of carbonyl (C=O) groups excluding carboxylic acids is 2. The molecule has 0 saturated carbocycles. The third-order valence-corrected chi connectivity index (χ3v) is 5.40. The number of alkyl halides is 3. The summed E-state index contributed by atoms with van der Waals surface area (Å²) in [6, 6.07) is 8.04. The van der Waals surface area contributed by atoms with Crippen molar-refractivity contribution in [1.29, 1.82) is 0 Å². The summed E-state index contributed by atoms with van der Waals surface area (Å²) in [6.07, 6.45) is -3.22. The van der Waals surface area contributed by atoms with Crippen LogP contribution in [-0.4, -0.2) is 44.1 Å². The van der Waals surface area contributed by atoms with Crippen molar-refractivity contribution >= 4 is 23.2 Å². The quantitative estimate of drug-likeness (QED) is 0.396. The number of nitrogen functional groups attached to an aromatic ring is 2. The van der Waals surface area contributed by atoms with E-state index >= 15 is 0 Å². The van der Waals surface area contributed by atoms with Crippen molar-refractivity contribution in [3.05, 3.63) is 53.1 Å². The van der Waals surface area contributed by atoms with E-state index in [2.05, 4.69) is 16.0 Å². The Morgan fingerprint density at radius 1 is 1.15 bits per heavy atom. The van der Waals surface area contributed by atoms with E-state index in [1.54, 1.807) is 13.2 Å². The summed E-state index contributed by atoms with van der Waals surface area (Å²) < 4.78 is 43.8. The van der Waals surface area contributed by atoms with Crippen molar-refractivity contribution < 1.29 is 27.5 Å². The van der Waals surface area contributed by atoms with Gasteiger partial charge >= 0.3 is 6.18 Å². The van der Waals surface area contributed by atoms with Crippen molar-refractivity contribution in [2.75, 3.05) is 31.7 Å². The van der Waals surface area contributed by atoms with Gasteiger partial charge in [-0.2, -0.15) is 13.2 Å². The van der Waals surface area contributed by atoms with Gasteiger partial charge in [0, 0.05) is 24.3 Å². The molecule has 2 aromatic carbocycles. The first-order valence-electron chi connectivity index (χ1n) is 10.3. The largest absolute Gasteiger partial charge is 0.495 e. The third-order valence-electron chi connectivity index (χ3n) is 5.40. The van der Waals surface area contributed by atoms with E-state index in [0.29, 0.717) is 36.9 Å². The summed E-state index contributed by atoms with van der Waals surface area (Å²) in [5, 5.41) is 8.45. The van der Waals surface area contributed by atoms with Gasteiger partial charge in [-0.25, -0.2) is 0 Å². The summed E-state index contributed by atoms with van der Waals surface area (Å²) in [4.78, 5) is 24.5. The molecule has 1 fully saturated rings. The second kappa shape index (κ2) is 9.99. The lowest BCUT2D eigenvalue weighted by Gasteiger charge is -2.14. The number of benzene rings is 2. The number of halogens is 3. The molecule has 33 heavy (non-hydrogen) atoms. The summed E-state index contributed by atoms with van der Waals surface area (Å²) in [7, 11) is 1.55. The Labute approximate surface area is 188 Å². The van der Waals surface area contributed by atoms with Gasteiger partial charge in [0.25, 0.3) is 5.91 Å². The molecule has 0 aromatic heterocycles. The molecule has 0 radical (unpaired) electrons. The van der Waals surface area contributed by atoms with Gasteiger partial charge in [-0.15, -0.1) is 0 Å². The van der Waals surface area contributed by atoms with Crippen molar-refractivity contribution in [2.24, 2.45) is 0 Å². The lowest BCUT2D eigenvalue weighted by molar-refractivity contribution is -0.137. The Balaban J connectivity index is 1.48. The van der Waals surface area contributed by atoms with Gasteiger partial charge < -0.3 is 32.2 Å². The molecule has 11 heteroatoms. The van der Waals surface area contributed by atoms with E-state index in [1.165, 1.54) is 0 Å². The summed E-state index contributed by atoms with van der Waals surface area (Å²) in [6.45, 7) is 0.168. The van der Waals surface area contributed by atoms with Gasteiger partial charge in [0.15, 0.2) is 0 Å². The standard InChI is InChI=1S/C22H26F3N5O3/c1-33-19-5-2-12(7-18(19)27)6-14-9-15(10-28-14)30-20(31)11-29-21(32)16-8-13(22(23,24)25)3-4-17(16)26/h2-5,7-8,14-15,28H,6,9-11,26-27H2,1H3,(H,29,32)(H,30,31). The zero-order valence-electron chi connectivity index (χ0n) is 18.0. The molecule has 0 spiro atoms. The topological polar surface area (TPSA) is 132 Å². The molecule has 0 aliphatic carbocycles. The van der Waals surface area contributed by atoms with E-state index in [1.807, 2.05) is 12.1 Å². The molecule has 1 saturated heterocycles. The monoisotopic (exact) mass is 465 g/mol. The first-order chi connectivity index (χ1) is 15.6. The lowest BCUT2D eigenvalue weighted by Crippen LogP contribution is -2.42. The minimum atomic E-state index is -4.61. The van der Waals surface area contributed by atoms with Gasteiger partial charge in [0.2, 0.25) is 5.91 Å². The Morgan fingerprint density at radius 2 is 1.91 bits per heavy atom. The molecule has 1 aliphatic heterocycles. The second-order valence-electron chi connectivity index (χ2n) is 7.87. The van der Waals surface area contributed by atoms with E-state index < -0.39 is 23.6 Å². The Morgan fingerprint density at radius 3 is 2.58 bits per heavy atom. The fourth-order valence-corrected chi connectivity index (χ4v) is 3.74. The first-order valence-corrected chi connectivity index (χ1v) is 10.3. The maximum absolute atomic E-state index is 12.9. The first kappa shape index (κ1) is 24.2. The van der Waals surface area contributed by atoms with Gasteiger partial charge in [0.05, 0.1) is 30.5 Å². The van der Waals surface area contributed by atoms with Crippen molar-refractivity contribution in [2.45, 2.75) is 31.1 Å². The van der Waals surface area contributed by atoms with E-state index in [-0.39, 0.29) is 29.9 Å². The van der Waals surface area contributed by atoms with E-state index in [9.17, 15) is 22.8 Å². The van der Waals surface area contributed by atoms with Crippen LogP contribution in [0, 0.1) is 0 Å². The highest BCUT2D eigenvalue weighted by Gasteiger charge is 2.31. The number of hydrogen-bond acceptors (Lipinski definition) is 6. The molecule has 7 N–H and O–H groups in total. The third kappa shape index (κ3) is 6.28. The Hall–Kier alpha value is -3.47. The number of carbonyl (C=O) groups is 2. The van der Waals surface area contributed by atoms with Gasteiger partial charge in [0.1, 0.15) is 5.75 Å². The molecule has 178 valence electrons. The SMILES string of the molecule is COc1ccc(CC2CC(NC(=O)CNC(=O)c3cc(C(F)(F)F)ccc3N)CN2)cc1N. The predicted molar refractivity (Wildman–Crippen MR) is 118 cm³/mol. The van der Waals surface area contributed by atoms with Gasteiger partial charge in [-0.1, -0.05) is 6.07 Å². The summed E-state index contributed by atoms with van der Waals surface area (Å²) in [5.74, 6) is -0.694. The number of anilines is 2. The minimum absolute atomic E-state index is 0.108. The molecule has 2 aromatic rings. The molecule has 1 aliphatic rings. The lowest BCUT2D eigenvalue weighted by atomic mass is 10.0.